The van der Waals surface area contributed by atoms with Gasteiger partial charge in [-0.25, -0.2) is 0 Å². The molecule has 21 heavy (non-hydrogen) atoms. The highest BCUT2D eigenvalue weighted by Crippen LogP contribution is 2.27. The first-order chi connectivity index (χ1) is 9.86. The Labute approximate surface area is 125 Å². The Bertz CT molecular complexity index is 731. The minimum Gasteiger partial charge on any atom is -0.508 e. The monoisotopic (exact) mass is 306 g/mol. The third-order valence-electron chi connectivity index (χ3n) is 2.74. The lowest BCUT2D eigenvalue weighted by Gasteiger charge is -2.08. The lowest BCUT2D eigenvalue weighted by Crippen LogP contribution is -2.12. The van der Waals surface area contributed by atoms with Crippen molar-refractivity contribution in [3.05, 3.63) is 62.7 Å². The van der Waals surface area contributed by atoms with Crippen LogP contribution in [-0.2, 0) is 0 Å². The second kappa shape index (κ2) is 5.80. The molecule has 0 spiro atoms. The van der Waals surface area contributed by atoms with Crippen molar-refractivity contribution in [2.24, 2.45) is 0 Å². The van der Waals surface area contributed by atoms with Crippen molar-refractivity contribution in [2.45, 2.75) is 6.92 Å². The number of nitro groups is 1. The van der Waals surface area contributed by atoms with E-state index in [2.05, 4.69) is 5.32 Å². The van der Waals surface area contributed by atoms with Crippen molar-refractivity contribution in [3.63, 3.8) is 0 Å². The number of benzene rings is 2. The normalized spacial score (nSPS) is 10.2. The van der Waals surface area contributed by atoms with Crippen LogP contribution in [0.5, 0.6) is 5.75 Å². The molecule has 0 aliphatic heterocycles. The number of nitrogens with zero attached hydrogens (tertiary/aromatic N) is 1. The average molecular weight is 307 g/mol. The Kier molecular flexibility index (Phi) is 4.09. The molecular formula is C14H11ClN2O4. The van der Waals surface area contributed by atoms with Crippen molar-refractivity contribution in [1.82, 2.24) is 0 Å². The van der Waals surface area contributed by atoms with E-state index in [0.29, 0.717) is 11.3 Å². The maximum Gasteiger partial charge on any atom is 0.270 e. The summed E-state index contributed by atoms with van der Waals surface area (Å²) < 4.78 is 0. The summed E-state index contributed by atoms with van der Waals surface area (Å²) in [6.07, 6.45) is 0. The van der Waals surface area contributed by atoms with Crippen LogP contribution in [0.1, 0.15) is 15.9 Å². The van der Waals surface area contributed by atoms with E-state index >= 15 is 0 Å². The summed E-state index contributed by atoms with van der Waals surface area (Å²) >= 11 is 5.89. The molecule has 0 radical (unpaired) electrons. The fourth-order valence-corrected chi connectivity index (χ4v) is 2.02. The first kappa shape index (κ1) is 14.8. The van der Waals surface area contributed by atoms with Crippen molar-refractivity contribution in [2.75, 3.05) is 5.32 Å². The van der Waals surface area contributed by atoms with Gasteiger partial charge in [0.1, 0.15) is 5.75 Å². The van der Waals surface area contributed by atoms with Crippen LogP contribution in [0.15, 0.2) is 36.4 Å². The van der Waals surface area contributed by atoms with E-state index in [1.807, 2.05) is 0 Å². The Morgan fingerprint density at radius 2 is 2.00 bits per heavy atom. The van der Waals surface area contributed by atoms with Gasteiger partial charge in [0.15, 0.2) is 0 Å². The van der Waals surface area contributed by atoms with Gasteiger partial charge in [-0.2, -0.15) is 0 Å². The standard InChI is InChI=1S/C14H11ClN2O4/c1-8-4-9(6-10(5-8)17(20)21)14(19)16-13-3-2-11(18)7-12(13)15/h2-7,18H,1H3,(H,16,19). The van der Waals surface area contributed by atoms with E-state index in [0.717, 1.165) is 0 Å². The second-order valence-corrected chi connectivity index (χ2v) is 4.84. The first-order valence-electron chi connectivity index (χ1n) is 5.93. The van der Waals surface area contributed by atoms with Crippen LogP contribution in [0.4, 0.5) is 11.4 Å². The molecule has 0 aliphatic carbocycles. The number of halogens is 1. The number of amides is 1. The number of carbonyl (C=O) groups excluding carboxylic acids is 1. The van der Waals surface area contributed by atoms with Gasteiger partial charge in [-0.1, -0.05) is 11.6 Å². The van der Waals surface area contributed by atoms with E-state index in [-0.39, 0.29) is 22.0 Å². The van der Waals surface area contributed by atoms with Gasteiger partial charge < -0.3 is 10.4 Å². The molecule has 0 fully saturated rings. The first-order valence-corrected chi connectivity index (χ1v) is 6.30. The summed E-state index contributed by atoms with van der Waals surface area (Å²) in [7, 11) is 0. The zero-order valence-corrected chi connectivity index (χ0v) is 11.7. The van der Waals surface area contributed by atoms with Gasteiger partial charge in [-0.15, -0.1) is 0 Å². The molecule has 0 aromatic heterocycles. The summed E-state index contributed by atoms with van der Waals surface area (Å²) in [6, 6.07) is 8.22. The molecule has 0 saturated carbocycles. The summed E-state index contributed by atoms with van der Waals surface area (Å²) in [4.78, 5) is 22.4. The molecular weight excluding hydrogens is 296 g/mol. The number of aryl methyl sites for hydroxylation is 1. The number of carbonyl (C=O) groups is 1. The summed E-state index contributed by atoms with van der Waals surface area (Å²) in [5, 5.41) is 22.8. The van der Waals surface area contributed by atoms with Gasteiger partial charge in [0.05, 0.1) is 15.6 Å². The summed E-state index contributed by atoms with van der Waals surface area (Å²) in [5.41, 5.74) is 0.914. The largest absolute Gasteiger partial charge is 0.508 e. The van der Waals surface area contributed by atoms with Crippen LogP contribution in [0, 0.1) is 17.0 Å². The average Bonchev–Trinajstić information content (AvgIpc) is 2.41. The van der Waals surface area contributed by atoms with Crippen LogP contribution >= 0.6 is 11.6 Å². The number of hydrogen-bond donors (Lipinski definition) is 2. The van der Waals surface area contributed by atoms with Crippen LogP contribution < -0.4 is 5.32 Å². The molecule has 0 aliphatic rings. The molecule has 108 valence electrons. The van der Waals surface area contributed by atoms with Gasteiger partial charge in [-0.3, -0.25) is 14.9 Å². The number of aromatic hydroxyl groups is 1. The van der Waals surface area contributed by atoms with Gasteiger partial charge in [0.25, 0.3) is 11.6 Å². The summed E-state index contributed by atoms with van der Waals surface area (Å²) in [6.45, 7) is 1.66. The van der Waals surface area contributed by atoms with Crippen LogP contribution in [0.2, 0.25) is 5.02 Å². The lowest BCUT2D eigenvalue weighted by molar-refractivity contribution is -0.384. The van der Waals surface area contributed by atoms with Gasteiger partial charge >= 0.3 is 0 Å². The lowest BCUT2D eigenvalue weighted by atomic mass is 10.1. The minimum atomic E-state index is -0.558. The molecule has 2 rings (SSSR count). The molecule has 0 bridgehead atoms. The number of hydrogen-bond acceptors (Lipinski definition) is 4. The molecule has 1 amide bonds. The maximum atomic E-state index is 12.1. The van der Waals surface area contributed by atoms with E-state index < -0.39 is 10.8 Å². The second-order valence-electron chi connectivity index (χ2n) is 4.43. The van der Waals surface area contributed by atoms with E-state index in [1.54, 1.807) is 6.92 Å². The van der Waals surface area contributed by atoms with Gasteiger partial charge in [0, 0.05) is 23.8 Å². The molecule has 0 saturated heterocycles. The smallest absolute Gasteiger partial charge is 0.270 e. The third kappa shape index (κ3) is 3.49. The molecule has 2 aromatic carbocycles. The molecule has 7 heteroatoms. The number of nitrogens with one attached hydrogen (secondary N) is 1. The highest BCUT2D eigenvalue weighted by molar-refractivity contribution is 6.34. The number of non-ortho nitro benzene ring substituents is 1. The van der Waals surface area contributed by atoms with Crippen LogP contribution in [0.3, 0.4) is 0 Å². The zero-order chi connectivity index (χ0) is 15.6. The SMILES string of the molecule is Cc1cc(C(=O)Nc2ccc(O)cc2Cl)cc([N+](=O)[O-])c1. The minimum absolute atomic E-state index is 0.0239. The van der Waals surface area contributed by atoms with Crippen molar-refractivity contribution < 1.29 is 14.8 Å². The molecule has 2 aromatic rings. The fourth-order valence-electron chi connectivity index (χ4n) is 1.80. The Balaban J connectivity index is 2.30. The predicted octanol–water partition coefficient (Wildman–Crippen LogP) is 3.51. The Morgan fingerprint density at radius 3 is 2.62 bits per heavy atom. The Hall–Kier alpha value is -2.60. The predicted molar refractivity (Wildman–Crippen MR) is 78.9 cm³/mol. The molecule has 2 N–H and O–H groups in total. The number of phenolic OH excluding ortho intramolecular Hbond substituents is 1. The quantitative estimate of drug-likeness (QED) is 0.515. The van der Waals surface area contributed by atoms with E-state index in [4.69, 9.17) is 11.6 Å². The topological polar surface area (TPSA) is 92.5 Å². The number of phenols is 1. The molecule has 0 unspecified atom stereocenters. The number of anilines is 1. The van der Waals surface area contributed by atoms with Gasteiger partial charge in [0.2, 0.25) is 0 Å². The number of rotatable bonds is 3. The van der Waals surface area contributed by atoms with Crippen molar-refractivity contribution in [3.8, 4) is 5.75 Å². The maximum absolute atomic E-state index is 12.1. The van der Waals surface area contributed by atoms with E-state index in [9.17, 15) is 20.0 Å². The fraction of sp³-hybridized carbons (Fsp3) is 0.0714. The highest BCUT2D eigenvalue weighted by atomic mass is 35.5. The summed E-state index contributed by atoms with van der Waals surface area (Å²) in [5.74, 6) is -0.543. The highest BCUT2D eigenvalue weighted by Gasteiger charge is 2.14. The Morgan fingerprint density at radius 1 is 1.29 bits per heavy atom. The number of nitro benzene ring substituents is 1. The van der Waals surface area contributed by atoms with Crippen molar-refractivity contribution >= 4 is 28.9 Å². The molecule has 6 nitrogen and oxygen atoms in total. The molecule has 0 atom stereocenters. The van der Waals surface area contributed by atoms with Crippen LogP contribution in [-0.4, -0.2) is 15.9 Å². The zero-order valence-electron chi connectivity index (χ0n) is 11.0. The van der Waals surface area contributed by atoms with E-state index in [1.165, 1.54) is 36.4 Å². The van der Waals surface area contributed by atoms with Gasteiger partial charge in [-0.05, 0) is 30.7 Å². The molecule has 0 heterocycles. The third-order valence-corrected chi connectivity index (χ3v) is 3.05. The van der Waals surface area contributed by atoms with Crippen LogP contribution in [0.25, 0.3) is 0 Å². The van der Waals surface area contributed by atoms with Crippen molar-refractivity contribution in [1.29, 1.82) is 0 Å².